The molecule has 2 heterocycles. The van der Waals surface area contributed by atoms with Crippen LogP contribution in [0.15, 0.2) is 42.7 Å². The van der Waals surface area contributed by atoms with Gasteiger partial charge in [-0.15, -0.1) is 0 Å². The predicted octanol–water partition coefficient (Wildman–Crippen LogP) is 3.14. The lowest BCUT2D eigenvalue weighted by Gasteiger charge is -2.09. The number of ether oxygens (including phenoxy) is 1. The average Bonchev–Trinajstić information content (AvgIpc) is 2.94. The van der Waals surface area contributed by atoms with E-state index in [0.717, 1.165) is 11.1 Å². The fraction of sp³-hybridized carbons (Fsp3) is 0.176. The van der Waals surface area contributed by atoms with Crippen molar-refractivity contribution in [3.63, 3.8) is 0 Å². The number of halogens is 1. The second-order valence-corrected chi connectivity index (χ2v) is 5.18. The van der Waals surface area contributed by atoms with Crippen molar-refractivity contribution in [2.75, 3.05) is 25.6 Å². The van der Waals surface area contributed by atoms with Gasteiger partial charge in [0.05, 0.1) is 18.0 Å². The van der Waals surface area contributed by atoms with Crippen LogP contribution < -0.4 is 10.6 Å². The fourth-order valence-electron chi connectivity index (χ4n) is 2.45. The maximum absolute atomic E-state index is 13.6. The van der Waals surface area contributed by atoms with Crippen LogP contribution in [0.25, 0.3) is 22.2 Å². The molecule has 2 amide bonds. The van der Waals surface area contributed by atoms with E-state index >= 15 is 0 Å². The van der Waals surface area contributed by atoms with Gasteiger partial charge in [0.1, 0.15) is 5.82 Å². The topological polar surface area (TPSA) is 79.0 Å². The van der Waals surface area contributed by atoms with Gasteiger partial charge in [-0.05, 0) is 30.3 Å². The van der Waals surface area contributed by atoms with Crippen molar-refractivity contribution in [3.05, 3.63) is 48.5 Å². The molecule has 0 fully saturated rings. The van der Waals surface area contributed by atoms with Crippen LogP contribution in [0, 0.1) is 5.82 Å². The molecule has 1 aromatic carbocycles. The first kappa shape index (κ1) is 15.9. The van der Waals surface area contributed by atoms with Crippen molar-refractivity contribution >= 4 is 22.6 Å². The minimum atomic E-state index is -0.387. The van der Waals surface area contributed by atoms with Gasteiger partial charge in [-0.1, -0.05) is 0 Å². The van der Waals surface area contributed by atoms with Crippen LogP contribution in [0.4, 0.5) is 14.9 Å². The second kappa shape index (κ2) is 7.10. The molecule has 0 aliphatic carbocycles. The quantitative estimate of drug-likeness (QED) is 0.630. The Hall–Kier alpha value is -2.93. The number of rotatable bonds is 5. The number of anilines is 1. The van der Waals surface area contributed by atoms with Gasteiger partial charge >= 0.3 is 6.03 Å². The summed E-state index contributed by atoms with van der Waals surface area (Å²) >= 11 is 0. The Morgan fingerprint density at radius 2 is 2.25 bits per heavy atom. The SMILES string of the molecule is COCCNC(=O)Nc1c(-c2cccnc2)[nH]c2ccc(F)cc12. The third kappa shape index (κ3) is 3.36. The molecule has 3 aromatic rings. The van der Waals surface area contributed by atoms with Gasteiger partial charge in [-0.2, -0.15) is 0 Å². The number of hydrogen-bond acceptors (Lipinski definition) is 3. The molecule has 0 saturated carbocycles. The Morgan fingerprint density at radius 1 is 1.38 bits per heavy atom. The number of nitrogens with zero attached hydrogens (tertiary/aromatic N) is 1. The summed E-state index contributed by atoms with van der Waals surface area (Å²) in [6.45, 7) is 0.784. The minimum absolute atomic E-state index is 0.373. The van der Waals surface area contributed by atoms with Crippen LogP contribution in [0.3, 0.4) is 0 Å². The number of H-pyrrole nitrogens is 1. The normalized spacial score (nSPS) is 10.8. The lowest BCUT2D eigenvalue weighted by molar-refractivity contribution is 0.198. The van der Waals surface area contributed by atoms with E-state index in [2.05, 4.69) is 20.6 Å². The molecule has 6 nitrogen and oxygen atoms in total. The molecule has 3 rings (SSSR count). The molecule has 2 aromatic heterocycles. The first-order valence-electron chi connectivity index (χ1n) is 7.44. The van der Waals surface area contributed by atoms with Gasteiger partial charge in [-0.3, -0.25) is 4.98 Å². The van der Waals surface area contributed by atoms with Crippen LogP contribution in [0.2, 0.25) is 0 Å². The van der Waals surface area contributed by atoms with Crippen molar-refractivity contribution in [2.45, 2.75) is 0 Å². The van der Waals surface area contributed by atoms with E-state index in [-0.39, 0.29) is 11.8 Å². The van der Waals surface area contributed by atoms with Crippen molar-refractivity contribution in [1.29, 1.82) is 0 Å². The smallest absolute Gasteiger partial charge is 0.319 e. The third-order valence-corrected chi connectivity index (χ3v) is 3.54. The highest BCUT2D eigenvalue weighted by Gasteiger charge is 2.16. The fourth-order valence-corrected chi connectivity index (χ4v) is 2.45. The average molecular weight is 328 g/mol. The van der Waals surface area contributed by atoms with Gasteiger partial charge in [-0.25, -0.2) is 9.18 Å². The number of amides is 2. The maximum Gasteiger partial charge on any atom is 0.319 e. The molecule has 0 unspecified atom stereocenters. The van der Waals surface area contributed by atoms with Crippen LogP contribution in [-0.2, 0) is 4.74 Å². The maximum atomic E-state index is 13.6. The molecule has 7 heteroatoms. The summed E-state index contributed by atoms with van der Waals surface area (Å²) in [7, 11) is 1.56. The zero-order valence-electron chi connectivity index (χ0n) is 13.1. The number of pyridine rings is 1. The summed E-state index contributed by atoms with van der Waals surface area (Å²) in [5, 5.41) is 6.06. The number of aromatic amines is 1. The lowest BCUT2D eigenvalue weighted by Crippen LogP contribution is -2.31. The Kier molecular flexibility index (Phi) is 4.72. The van der Waals surface area contributed by atoms with Gasteiger partial charge in [0.25, 0.3) is 0 Å². The van der Waals surface area contributed by atoms with Crippen molar-refractivity contribution in [2.24, 2.45) is 0 Å². The van der Waals surface area contributed by atoms with E-state index < -0.39 is 0 Å². The molecular weight excluding hydrogens is 311 g/mol. The number of carbonyl (C=O) groups excluding carboxylic acids is 1. The molecule has 0 aliphatic rings. The van der Waals surface area contributed by atoms with Crippen molar-refractivity contribution < 1.29 is 13.9 Å². The van der Waals surface area contributed by atoms with Gasteiger partial charge < -0.3 is 20.4 Å². The first-order valence-corrected chi connectivity index (χ1v) is 7.44. The zero-order valence-corrected chi connectivity index (χ0v) is 13.1. The van der Waals surface area contributed by atoms with Crippen LogP contribution >= 0.6 is 0 Å². The monoisotopic (exact) mass is 328 g/mol. The van der Waals surface area contributed by atoms with Crippen molar-refractivity contribution in [3.8, 4) is 11.3 Å². The number of carbonyl (C=O) groups is 1. The zero-order chi connectivity index (χ0) is 16.9. The highest BCUT2D eigenvalue weighted by Crippen LogP contribution is 2.35. The van der Waals surface area contributed by atoms with Gasteiger partial charge in [0.15, 0.2) is 0 Å². The summed E-state index contributed by atoms with van der Waals surface area (Å²) in [6.07, 6.45) is 3.34. The molecule has 0 spiro atoms. The molecule has 0 aliphatic heterocycles. The number of hydrogen-bond donors (Lipinski definition) is 3. The van der Waals surface area contributed by atoms with E-state index in [1.807, 2.05) is 6.07 Å². The molecular formula is C17H17FN4O2. The molecule has 0 radical (unpaired) electrons. The summed E-state index contributed by atoms with van der Waals surface area (Å²) in [4.78, 5) is 19.4. The van der Waals surface area contributed by atoms with Crippen LogP contribution in [0.5, 0.6) is 0 Å². The Bertz CT molecular complexity index is 848. The molecule has 0 bridgehead atoms. The third-order valence-electron chi connectivity index (χ3n) is 3.54. The Labute approximate surface area is 138 Å². The number of fused-ring (bicyclic) bond motifs is 1. The summed E-state index contributed by atoms with van der Waals surface area (Å²) in [6, 6.07) is 7.66. The standard InChI is InChI=1S/C17H17FN4O2/c1-24-8-7-20-17(23)22-16-13-9-12(18)4-5-14(13)21-15(16)11-3-2-6-19-10-11/h2-6,9-10,21H,7-8H2,1H3,(H2,20,22,23). The molecule has 0 atom stereocenters. The van der Waals surface area contributed by atoms with Crippen LogP contribution in [0.1, 0.15) is 0 Å². The van der Waals surface area contributed by atoms with E-state index in [0.29, 0.717) is 29.9 Å². The largest absolute Gasteiger partial charge is 0.383 e. The van der Waals surface area contributed by atoms with E-state index in [1.165, 1.54) is 12.1 Å². The van der Waals surface area contributed by atoms with Crippen molar-refractivity contribution in [1.82, 2.24) is 15.3 Å². The summed E-state index contributed by atoms with van der Waals surface area (Å²) < 4.78 is 18.5. The van der Waals surface area contributed by atoms with E-state index in [9.17, 15) is 9.18 Å². The van der Waals surface area contributed by atoms with Gasteiger partial charge in [0.2, 0.25) is 0 Å². The molecule has 0 saturated heterocycles. The van der Waals surface area contributed by atoms with Gasteiger partial charge in [0, 0.05) is 42.5 Å². The second-order valence-electron chi connectivity index (χ2n) is 5.18. The molecule has 3 N–H and O–H groups in total. The van der Waals surface area contributed by atoms with E-state index in [1.54, 1.807) is 31.6 Å². The molecule has 24 heavy (non-hydrogen) atoms. The number of urea groups is 1. The minimum Gasteiger partial charge on any atom is -0.383 e. The predicted molar refractivity (Wildman–Crippen MR) is 90.4 cm³/mol. The van der Waals surface area contributed by atoms with Crippen LogP contribution in [-0.4, -0.2) is 36.3 Å². The highest BCUT2D eigenvalue weighted by molar-refractivity contribution is 6.07. The molecule has 124 valence electrons. The number of methoxy groups -OCH3 is 1. The summed E-state index contributed by atoms with van der Waals surface area (Å²) in [5.74, 6) is -0.373. The first-order chi connectivity index (χ1) is 11.7. The Balaban J connectivity index is 1.99. The number of aromatic nitrogens is 2. The Morgan fingerprint density at radius 3 is 3.00 bits per heavy atom. The lowest BCUT2D eigenvalue weighted by atomic mass is 10.1. The van der Waals surface area contributed by atoms with E-state index in [4.69, 9.17) is 4.74 Å². The highest BCUT2D eigenvalue weighted by atomic mass is 19.1. The number of nitrogens with one attached hydrogen (secondary N) is 3. The summed E-state index contributed by atoms with van der Waals surface area (Å²) in [5.41, 5.74) is 2.70. The number of benzene rings is 1.